The van der Waals surface area contributed by atoms with Crippen LogP contribution in [0, 0.1) is 0 Å². The first-order chi connectivity index (χ1) is 11.6. The Kier molecular flexibility index (Phi) is 3.24. The fourth-order valence-corrected chi connectivity index (χ4v) is 4.29. The molecule has 0 N–H and O–H groups in total. The number of aromatic nitrogens is 2. The fourth-order valence-electron chi connectivity index (χ4n) is 2.73. The van der Waals surface area contributed by atoms with Crippen LogP contribution in [0.2, 0.25) is 0 Å². The molecule has 0 atom stereocenters. The Bertz CT molecular complexity index is 1010. The summed E-state index contributed by atoms with van der Waals surface area (Å²) in [6.45, 7) is 0.00916. The molecule has 0 aliphatic carbocycles. The molecule has 1 amide bonds. The predicted molar refractivity (Wildman–Crippen MR) is 87.1 cm³/mol. The second-order valence-electron chi connectivity index (χ2n) is 5.43. The van der Waals surface area contributed by atoms with E-state index in [0.29, 0.717) is 0 Å². The van der Waals surface area contributed by atoms with Crippen molar-refractivity contribution in [1.82, 2.24) is 14.1 Å². The summed E-state index contributed by atoms with van der Waals surface area (Å²) in [5.74, 6) is -0.484. The zero-order valence-corrected chi connectivity index (χ0v) is 13.3. The Balaban J connectivity index is 1.63. The number of fused-ring (bicyclic) bond motifs is 1. The van der Waals surface area contributed by atoms with Gasteiger partial charge in [0.1, 0.15) is 4.90 Å². The highest BCUT2D eigenvalue weighted by Crippen LogP contribution is 2.31. The second-order valence-corrected chi connectivity index (χ2v) is 7.26. The van der Waals surface area contributed by atoms with Crippen LogP contribution in [0.5, 0.6) is 0 Å². The number of nitrogens with zero attached hydrogens (tertiary/aromatic N) is 3. The van der Waals surface area contributed by atoms with Crippen molar-refractivity contribution in [1.29, 1.82) is 0 Å². The van der Waals surface area contributed by atoms with Gasteiger partial charge in [-0.3, -0.25) is 4.79 Å². The molecule has 4 rings (SSSR count). The largest absolute Gasteiger partial charge is 0.269 e. The Morgan fingerprint density at radius 2 is 1.71 bits per heavy atom. The van der Waals surface area contributed by atoms with Gasteiger partial charge in [0, 0.05) is 12.4 Å². The molecule has 1 aliphatic heterocycles. The average Bonchev–Trinajstić information content (AvgIpc) is 3.19. The van der Waals surface area contributed by atoms with Crippen molar-refractivity contribution in [2.45, 2.75) is 11.4 Å². The van der Waals surface area contributed by atoms with Crippen molar-refractivity contribution >= 4 is 15.9 Å². The molecule has 0 radical (unpaired) electrons. The monoisotopic (exact) mass is 339 g/mol. The molecule has 6 nitrogen and oxygen atoms in total. The summed E-state index contributed by atoms with van der Waals surface area (Å²) in [5, 5.41) is 4.14. The van der Waals surface area contributed by atoms with Gasteiger partial charge < -0.3 is 0 Å². The maximum absolute atomic E-state index is 12.5. The number of benzene rings is 2. The molecule has 0 saturated heterocycles. The third-order valence-corrected chi connectivity index (χ3v) is 5.73. The zero-order chi connectivity index (χ0) is 16.7. The molecule has 0 unspecified atom stereocenters. The highest BCUT2D eigenvalue weighted by atomic mass is 32.2. The van der Waals surface area contributed by atoms with Crippen molar-refractivity contribution in [3.05, 3.63) is 78.1 Å². The van der Waals surface area contributed by atoms with Crippen molar-refractivity contribution in [3.63, 3.8) is 0 Å². The van der Waals surface area contributed by atoms with Crippen LogP contribution in [0.3, 0.4) is 0 Å². The average molecular weight is 339 g/mol. The summed E-state index contributed by atoms with van der Waals surface area (Å²) in [5.41, 5.74) is 1.82. The van der Waals surface area contributed by atoms with E-state index in [0.717, 1.165) is 15.6 Å². The lowest BCUT2D eigenvalue weighted by molar-refractivity contribution is 0.0865. The van der Waals surface area contributed by atoms with E-state index in [4.69, 9.17) is 0 Å². The molecular weight excluding hydrogens is 326 g/mol. The van der Waals surface area contributed by atoms with Crippen molar-refractivity contribution < 1.29 is 13.2 Å². The third kappa shape index (κ3) is 2.21. The maximum atomic E-state index is 12.5. The first-order valence-electron chi connectivity index (χ1n) is 7.32. The van der Waals surface area contributed by atoms with Crippen molar-refractivity contribution in [2.75, 3.05) is 0 Å². The molecular formula is C17H13N3O3S. The van der Waals surface area contributed by atoms with Crippen molar-refractivity contribution in [3.8, 4) is 5.69 Å². The number of hydrogen-bond donors (Lipinski definition) is 0. The van der Waals surface area contributed by atoms with Gasteiger partial charge >= 0.3 is 0 Å². The van der Waals surface area contributed by atoms with Gasteiger partial charge in [-0.05, 0) is 35.9 Å². The summed E-state index contributed by atoms with van der Waals surface area (Å²) >= 11 is 0. The van der Waals surface area contributed by atoms with Crippen LogP contribution in [0.4, 0.5) is 0 Å². The van der Waals surface area contributed by atoms with Crippen LogP contribution in [0.1, 0.15) is 15.9 Å². The van der Waals surface area contributed by atoms with Crippen molar-refractivity contribution in [2.24, 2.45) is 0 Å². The van der Waals surface area contributed by atoms with Crippen LogP contribution in [0.25, 0.3) is 5.69 Å². The predicted octanol–water partition coefficient (Wildman–Crippen LogP) is 2.22. The van der Waals surface area contributed by atoms with Gasteiger partial charge in [-0.15, -0.1) is 0 Å². The van der Waals surface area contributed by atoms with Gasteiger partial charge in [0.05, 0.1) is 17.8 Å². The Morgan fingerprint density at radius 3 is 2.38 bits per heavy atom. The van der Waals surface area contributed by atoms with Crippen LogP contribution >= 0.6 is 0 Å². The highest BCUT2D eigenvalue weighted by molar-refractivity contribution is 7.90. The minimum Gasteiger partial charge on any atom is -0.268 e. The Hall–Kier alpha value is -2.93. The van der Waals surface area contributed by atoms with Gasteiger partial charge in [0.25, 0.3) is 15.9 Å². The van der Waals surface area contributed by atoms with Gasteiger partial charge in [-0.2, -0.15) is 5.10 Å². The van der Waals surface area contributed by atoms with Gasteiger partial charge in [-0.1, -0.05) is 24.3 Å². The lowest BCUT2D eigenvalue weighted by Crippen LogP contribution is -2.29. The minimum absolute atomic E-state index is 0.00916. The van der Waals surface area contributed by atoms with E-state index in [2.05, 4.69) is 5.10 Å². The number of rotatable bonds is 3. The number of carbonyl (C=O) groups excluding carboxylic acids is 1. The molecule has 7 heteroatoms. The van der Waals surface area contributed by atoms with E-state index < -0.39 is 15.9 Å². The first kappa shape index (κ1) is 14.6. The molecule has 0 bridgehead atoms. The van der Waals surface area contributed by atoms with Crippen LogP contribution in [-0.4, -0.2) is 28.4 Å². The first-order valence-corrected chi connectivity index (χ1v) is 8.76. The minimum atomic E-state index is -3.78. The number of amides is 1. The van der Waals surface area contributed by atoms with E-state index in [1.54, 1.807) is 35.1 Å². The van der Waals surface area contributed by atoms with Crippen LogP contribution in [-0.2, 0) is 16.6 Å². The number of carbonyl (C=O) groups is 1. The number of hydrogen-bond acceptors (Lipinski definition) is 4. The highest BCUT2D eigenvalue weighted by Gasteiger charge is 2.40. The van der Waals surface area contributed by atoms with Gasteiger partial charge in [0.15, 0.2) is 0 Å². The molecule has 0 spiro atoms. The summed E-state index contributed by atoms with van der Waals surface area (Å²) in [7, 11) is -3.78. The zero-order valence-electron chi connectivity index (χ0n) is 12.5. The molecule has 2 aromatic carbocycles. The molecule has 120 valence electrons. The molecule has 0 saturated carbocycles. The lowest BCUT2D eigenvalue weighted by Gasteiger charge is -2.15. The SMILES string of the molecule is O=C1c2ccccc2S(=O)(=O)N1Cc1ccc(-n2cccn2)cc1. The summed E-state index contributed by atoms with van der Waals surface area (Å²) in [6.07, 6.45) is 3.50. The third-order valence-electron chi connectivity index (χ3n) is 3.94. The van der Waals surface area contributed by atoms with Gasteiger partial charge in [0.2, 0.25) is 0 Å². The lowest BCUT2D eigenvalue weighted by atomic mass is 10.2. The molecule has 2 heterocycles. The molecule has 3 aromatic rings. The topological polar surface area (TPSA) is 72.3 Å². The smallest absolute Gasteiger partial charge is 0.268 e. The van der Waals surface area contributed by atoms with E-state index in [1.165, 1.54) is 12.1 Å². The molecule has 1 aromatic heterocycles. The Labute approximate surface area is 139 Å². The van der Waals surface area contributed by atoms with E-state index in [-0.39, 0.29) is 17.0 Å². The fraction of sp³-hybridized carbons (Fsp3) is 0.0588. The van der Waals surface area contributed by atoms with Crippen LogP contribution in [0.15, 0.2) is 71.9 Å². The van der Waals surface area contributed by atoms with Gasteiger partial charge in [-0.25, -0.2) is 17.4 Å². The molecule has 0 fully saturated rings. The summed E-state index contributed by atoms with van der Waals surface area (Å²) in [4.78, 5) is 12.5. The maximum Gasteiger partial charge on any atom is 0.269 e. The summed E-state index contributed by atoms with van der Waals surface area (Å²) < 4.78 is 27.7. The normalized spacial score (nSPS) is 15.5. The second kappa shape index (κ2) is 5.31. The number of sulfonamides is 1. The van der Waals surface area contributed by atoms with E-state index in [1.807, 2.05) is 24.4 Å². The summed E-state index contributed by atoms with van der Waals surface area (Å²) in [6, 6.07) is 15.4. The molecule has 1 aliphatic rings. The Morgan fingerprint density at radius 1 is 0.958 bits per heavy atom. The van der Waals surface area contributed by atoms with Crippen LogP contribution < -0.4 is 0 Å². The standard InChI is InChI=1S/C17H13N3O3S/c21-17-15-4-1-2-5-16(15)24(22,23)20(17)12-13-6-8-14(9-7-13)19-11-3-10-18-19/h1-11H,12H2. The van der Waals surface area contributed by atoms with E-state index in [9.17, 15) is 13.2 Å². The quantitative estimate of drug-likeness (QED) is 0.733. The molecule has 24 heavy (non-hydrogen) atoms. The van der Waals surface area contributed by atoms with E-state index >= 15 is 0 Å².